The van der Waals surface area contributed by atoms with Gasteiger partial charge >= 0.3 is 29.6 Å². The molecule has 0 aromatic rings. The van der Waals surface area contributed by atoms with Gasteiger partial charge in [0.25, 0.3) is 0 Å². The van der Waals surface area contributed by atoms with E-state index in [1.54, 1.807) is 4.90 Å². The van der Waals surface area contributed by atoms with Crippen LogP contribution in [0.15, 0.2) is 12.3 Å². The summed E-state index contributed by atoms with van der Waals surface area (Å²) in [5.41, 5.74) is 0. The van der Waals surface area contributed by atoms with Crippen molar-refractivity contribution in [2.24, 2.45) is 0 Å². The molecule has 0 aromatic carbocycles. The van der Waals surface area contributed by atoms with Crippen molar-refractivity contribution < 1.29 is 49.7 Å². The van der Waals surface area contributed by atoms with Crippen molar-refractivity contribution in [3.8, 4) is 0 Å². The van der Waals surface area contributed by atoms with Crippen LogP contribution in [0.1, 0.15) is 6.42 Å². The molecule has 0 bridgehead atoms. The Labute approximate surface area is 105 Å². The van der Waals surface area contributed by atoms with E-state index < -0.39 is 5.97 Å². The van der Waals surface area contributed by atoms with Gasteiger partial charge in [-0.2, -0.15) is 0 Å². The van der Waals surface area contributed by atoms with Gasteiger partial charge in [-0.05, 0) is 6.42 Å². The second kappa shape index (κ2) is 9.48. The summed E-state index contributed by atoms with van der Waals surface area (Å²) in [7, 11) is 0. The molecule has 0 saturated carbocycles. The Morgan fingerprint density at radius 3 is 2.36 bits per heavy atom. The first-order valence-corrected chi connectivity index (χ1v) is 3.96. The third-order valence-electron chi connectivity index (χ3n) is 1.45. The zero-order chi connectivity index (χ0) is 10.3. The Balaban J connectivity index is 0. The fourth-order valence-electron chi connectivity index (χ4n) is 0.919. The van der Waals surface area contributed by atoms with Crippen LogP contribution in [-0.4, -0.2) is 47.3 Å². The number of rotatable bonds is 7. The van der Waals surface area contributed by atoms with E-state index in [9.17, 15) is 9.90 Å². The second-order valence-corrected chi connectivity index (χ2v) is 2.69. The van der Waals surface area contributed by atoms with Crippen LogP contribution in [0.4, 0.5) is 0 Å². The van der Waals surface area contributed by atoms with E-state index in [1.807, 2.05) is 0 Å². The van der Waals surface area contributed by atoms with E-state index in [0.717, 1.165) is 0 Å². The summed E-state index contributed by atoms with van der Waals surface area (Å²) in [6.07, 6.45) is -0.118. The number of carbonyl (C=O) groups is 1. The Hall–Kier alpha value is -0.0700. The Kier molecular flexibility index (Phi) is 11.1. The molecule has 0 aliphatic rings. The van der Waals surface area contributed by atoms with Crippen molar-refractivity contribution in [2.75, 3.05) is 26.2 Å². The Bertz CT molecular complexity index is 186. The molecular weight excluding hydrogens is 197 g/mol. The van der Waals surface area contributed by atoms with Crippen LogP contribution in [0.3, 0.4) is 0 Å². The molecular formula is C8H14NNaO4. The minimum atomic E-state index is -1.15. The van der Waals surface area contributed by atoms with E-state index >= 15 is 0 Å². The molecule has 0 rings (SSSR count). The van der Waals surface area contributed by atoms with Gasteiger partial charge in [-0.15, -0.1) is 0 Å². The molecule has 0 atom stereocenters. The largest absolute Gasteiger partial charge is 1.00 e. The van der Waals surface area contributed by atoms with E-state index in [0.29, 0.717) is 6.54 Å². The minimum Gasteiger partial charge on any atom is -0.550 e. The molecule has 2 N–H and O–H groups in total. The van der Waals surface area contributed by atoms with Gasteiger partial charge in [-0.25, -0.2) is 0 Å². The van der Waals surface area contributed by atoms with E-state index in [-0.39, 0.29) is 61.4 Å². The maximum atomic E-state index is 10.1. The predicted molar refractivity (Wildman–Crippen MR) is 44.9 cm³/mol. The summed E-state index contributed by atoms with van der Waals surface area (Å²) < 4.78 is 0. The zero-order valence-corrected chi connectivity index (χ0v) is 10.4. The van der Waals surface area contributed by atoms with Crippen LogP contribution in [-0.2, 0) is 4.79 Å². The number of aliphatic hydroxyl groups excluding tert-OH is 2. The number of carbonyl (C=O) groups excluding carboxylic acids is 1. The van der Waals surface area contributed by atoms with Gasteiger partial charge in [0.2, 0.25) is 0 Å². The van der Waals surface area contributed by atoms with Crippen molar-refractivity contribution in [2.45, 2.75) is 6.42 Å². The Morgan fingerprint density at radius 2 is 2.00 bits per heavy atom. The van der Waals surface area contributed by atoms with Crippen LogP contribution in [0.25, 0.3) is 0 Å². The fraction of sp³-hybridized carbons (Fsp3) is 0.625. The summed E-state index contributed by atoms with van der Waals surface area (Å²) in [4.78, 5) is 11.7. The Morgan fingerprint density at radius 1 is 1.43 bits per heavy atom. The average Bonchev–Trinajstić information content (AvgIpc) is 1.99. The number of aliphatic carboxylic acids is 1. The molecule has 0 aromatic heterocycles. The van der Waals surface area contributed by atoms with Crippen LogP contribution in [0.2, 0.25) is 0 Å². The average molecular weight is 211 g/mol. The van der Waals surface area contributed by atoms with E-state index in [2.05, 4.69) is 6.58 Å². The molecule has 76 valence electrons. The van der Waals surface area contributed by atoms with Crippen molar-refractivity contribution in [3.63, 3.8) is 0 Å². The van der Waals surface area contributed by atoms with Gasteiger partial charge in [0.15, 0.2) is 0 Å². The standard InChI is InChI=1S/C8H15NO4.Na/c1-7(11)6-9(4-5-10)3-2-8(12)13;/h10-11H,1-6H2,(H,12,13);/q;+1/p-1. The van der Waals surface area contributed by atoms with Crippen molar-refractivity contribution in [1.29, 1.82) is 0 Å². The van der Waals surface area contributed by atoms with Gasteiger partial charge < -0.3 is 20.1 Å². The molecule has 0 fully saturated rings. The number of hydrogen-bond donors (Lipinski definition) is 2. The molecule has 0 saturated heterocycles. The summed E-state index contributed by atoms with van der Waals surface area (Å²) in [6, 6.07) is 0. The molecule has 0 heterocycles. The summed E-state index contributed by atoms with van der Waals surface area (Å²) in [5, 5.41) is 27.5. The summed E-state index contributed by atoms with van der Waals surface area (Å²) in [5.74, 6) is -1.20. The van der Waals surface area contributed by atoms with Gasteiger partial charge in [0, 0.05) is 19.1 Å². The maximum Gasteiger partial charge on any atom is 1.00 e. The molecule has 0 aliphatic carbocycles. The van der Waals surface area contributed by atoms with Crippen LogP contribution < -0.4 is 34.7 Å². The topological polar surface area (TPSA) is 83.8 Å². The van der Waals surface area contributed by atoms with Gasteiger partial charge in [0.05, 0.1) is 18.9 Å². The number of carboxylic acids is 1. The number of aliphatic hydroxyl groups is 2. The number of carboxylic acid groups (broad SMARTS) is 1. The molecule has 14 heavy (non-hydrogen) atoms. The van der Waals surface area contributed by atoms with Crippen molar-refractivity contribution in [1.82, 2.24) is 4.90 Å². The fourth-order valence-corrected chi connectivity index (χ4v) is 0.919. The van der Waals surface area contributed by atoms with Gasteiger partial charge in [-0.3, -0.25) is 4.90 Å². The van der Waals surface area contributed by atoms with Crippen LogP contribution in [0, 0.1) is 0 Å². The monoisotopic (exact) mass is 211 g/mol. The normalized spacial score (nSPS) is 9.57. The zero-order valence-electron chi connectivity index (χ0n) is 8.40. The third kappa shape index (κ3) is 10.0. The molecule has 5 nitrogen and oxygen atoms in total. The molecule has 0 unspecified atom stereocenters. The molecule has 6 heteroatoms. The van der Waals surface area contributed by atoms with Gasteiger partial charge in [-0.1, -0.05) is 6.58 Å². The smallest absolute Gasteiger partial charge is 0.550 e. The molecule has 0 aliphatic heterocycles. The second-order valence-electron chi connectivity index (χ2n) is 2.69. The first-order valence-electron chi connectivity index (χ1n) is 3.96. The van der Waals surface area contributed by atoms with E-state index in [1.165, 1.54) is 0 Å². The van der Waals surface area contributed by atoms with Crippen molar-refractivity contribution in [3.05, 3.63) is 12.3 Å². The third-order valence-corrected chi connectivity index (χ3v) is 1.45. The van der Waals surface area contributed by atoms with Crippen LogP contribution in [0.5, 0.6) is 0 Å². The first-order chi connectivity index (χ1) is 6.06. The van der Waals surface area contributed by atoms with E-state index in [4.69, 9.17) is 10.2 Å². The van der Waals surface area contributed by atoms with Crippen LogP contribution >= 0.6 is 0 Å². The predicted octanol–water partition coefficient (Wildman–Crippen LogP) is -4.50. The minimum absolute atomic E-state index is 0. The SMILES string of the molecule is C=C(O)CN(CCO)CCC(=O)[O-].[Na+]. The number of hydrogen-bond acceptors (Lipinski definition) is 5. The molecule has 0 spiro atoms. The molecule has 0 amide bonds. The molecule has 0 radical (unpaired) electrons. The summed E-state index contributed by atoms with van der Waals surface area (Å²) in [6.45, 7) is 3.92. The maximum absolute atomic E-state index is 10.1. The summed E-state index contributed by atoms with van der Waals surface area (Å²) >= 11 is 0. The number of nitrogens with zero attached hydrogens (tertiary/aromatic N) is 1. The quantitative estimate of drug-likeness (QED) is 0.327. The van der Waals surface area contributed by atoms with Gasteiger partial charge in [0.1, 0.15) is 0 Å². The van der Waals surface area contributed by atoms with Crippen molar-refractivity contribution >= 4 is 5.97 Å². The first kappa shape index (κ1) is 16.4.